The van der Waals surface area contributed by atoms with Crippen molar-refractivity contribution < 1.29 is 4.79 Å². The zero-order chi connectivity index (χ0) is 16.6. The SMILES string of the molecule is O=C(NCCc1ncn[nH]1)Nc1cccc(CSC2CCCC2)c1. The minimum absolute atomic E-state index is 0.199. The number of thioether (sulfide) groups is 1. The van der Waals surface area contributed by atoms with Crippen LogP contribution in [0.3, 0.4) is 0 Å². The van der Waals surface area contributed by atoms with Crippen molar-refractivity contribution in [3.8, 4) is 0 Å². The summed E-state index contributed by atoms with van der Waals surface area (Å²) in [6, 6.07) is 7.89. The Morgan fingerprint density at radius 2 is 2.21 bits per heavy atom. The van der Waals surface area contributed by atoms with Crippen molar-refractivity contribution in [2.24, 2.45) is 0 Å². The van der Waals surface area contributed by atoms with Gasteiger partial charge in [-0.25, -0.2) is 9.78 Å². The van der Waals surface area contributed by atoms with Gasteiger partial charge in [-0.3, -0.25) is 5.10 Å². The van der Waals surface area contributed by atoms with Crippen LogP contribution in [0.25, 0.3) is 0 Å². The molecule has 1 aliphatic carbocycles. The first kappa shape index (κ1) is 16.8. The van der Waals surface area contributed by atoms with Gasteiger partial charge in [0.1, 0.15) is 12.2 Å². The smallest absolute Gasteiger partial charge is 0.319 e. The largest absolute Gasteiger partial charge is 0.337 e. The second kappa shape index (κ2) is 8.73. The van der Waals surface area contributed by atoms with Crippen LogP contribution in [0, 0.1) is 0 Å². The molecule has 0 saturated heterocycles. The average Bonchev–Trinajstić information content (AvgIpc) is 3.27. The van der Waals surface area contributed by atoms with Crippen LogP contribution in [-0.2, 0) is 12.2 Å². The summed E-state index contributed by atoms with van der Waals surface area (Å²) in [6.45, 7) is 0.512. The molecular weight excluding hydrogens is 322 g/mol. The third-order valence-corrected chi connectivity index (χ3v) is 5.53. The number of nitrogens with zero attached hydrogens (tertiary/aromatic N) is 2. The molecule has 1 aromatic carbocycles. The summed E-state index contributed by atoms with van der Waals surface area (Å²) in [7, 11) is 0. The number of hydrogen-bond acceptors (Lipinski definition) is 4. The van der Waals surface area contributed by atoms with Crippen LogP contribution in [0.1, 0.15) is 37.1 Å². The van der Waals surface area contributed by atoms with E-state index in [1.807, 2.05) is 23.9 Å². The number of aromatic nitrogens is 3. The van der Waals surface area contributed by atoms with E-state index in [2.05, 4.69) is 37.9 Å². The molecule has 128 valence electrons. The first-order chi connectivity index (χ1) is 11.8. The maximum absolute atomic E-state index is 11.9. The van der Waals surface area contributed by atoms with Crippen LogP contribution in [0.5, 0.6) is 0 Å². The van der Waals surface area contributed by atoms with Crippen molar-refractivity contribution in [3.05, 3.63) is 42.0 Å². The number of hydrogen-bond donors (Lipinski definition) is 3. The van der Waals surface area contributed by atoms with Crippen molar-refractivity contribution in [1.82, 2.24) is 20.5 Å². The van der Waals surface area contributed by atoms with Crippen molar-refractivity contribution in [1.29, 1.82) is 0 Å². The van der Waals surface area contributed by atoms with Gasteiger partial charge in [0.15, 0.2) is 0 Å². The van der Waals surface area contributed by atoms with E-state index in [0.717, 1.165) is 22.5 Å². The summed E-state index contributed by atoms with van der Waals surface area (Å²) in [5, 5.41) is 13.1. The Morgan fingerprint density at radius 1 is 1.33 bits per heavy atom. The second-order valence-electron chi connectivity index (χ2n) is 5.98. The molecule has 3 rings (SSSR count). The highest BCUT2D eigenvalue weighted by Gasteiger charge is 2.15. The molecule has 24 heavy (non-hydrogen) atoms. The van der Waals surface area contributed by atoms with E-state index in [1.54, 1.807) is 0 Å². The summed E-state index contributed by atoms with van der Waals surface area (Å²) in [5.41, 5.74) is 2.09. The first-order valence-electron chi connectivity index (χ1n) is 8.39. The minimum Gasteiger partial charge on any atom is -0.337 e. The van der Waals surface area contributed by atoms with E-state index in [1.165, 1.54) is 37.6 Å². The quantitative estimate of drug-likeness (QED) is 0.719. The minimum atomic E-state index is -0.199. The molecule has 2 amide bonds. The van der Waals surface area contributed by atoms with Crippen LogP contribution in [0.2, 0.25) is 0 Å². The summed E-state index contributed by atoms with van der Waals surface area (Å²) < 4.78 is 0. The number of aromatic amines is 1. The molecule has 1 heterocycles. The average molecular weight is 345 g/mol. The maximum Gasteiger partial charge on any atom is 0.319 e. The lowest BCUT2D eigenvalue weighted by Crippen LogP contribution is -2.30. The lowest BCUT2D eigenvalue weighted by atomic mass is 10.2. The fraction of sp³-hybridized carbons (Fsp3) is 0.471. The second-order valence-corrected chi connectivity index (χ2v) is 7.27. The highest BCUT2D eigenvalue weighted by Crippen LogP contribution is 2.31. The molecule has 0 aliphatic heterocycles. The number of urea groups is 1. The predicted molar refractivity (Wildman–Crippen MR) is 97.1 cm³/mol. The lowest BCUT2D eigenvalue weighted by Gasteiger charge is -2.11. The fourth-order valence-corrected chi connectivity index (χ4v) is 4.10. The van der Waals surface area contributed by atoms with E-state index in [-0.39, 0.29) is 6.03 Å². The van der Waals surface area contributed by atoms with Crippen LogP contribution in [0.15, 0.2) is 30.6 Å². The van der Waals surface area contributed by atoms with Crippen molar-refractivity contribution in [3.63, 3.8) is 0 Å². The standard InChI is InChI=1S/C17H23N5OS/c23-17(18-9-8-16-19-12-20-22-16)21-14-5-3-4-13(10-14)11-24-15-6-1-2-7-15/h3-5,10,12,15H,1-2,6-9,11H2,(H2,18,21,23)(H,19,20,22). The maximum atomic E-state index is 11.9. The van der Waals surface area contributed by atoms with Crippen molar-refractivity contribution >= 4 is 23.5 Å². The number of rotatable bonds is 7. The first-order valence-corrected chi connectivity index (χ1v) is 9.44. The zero-order valence-corrected chi connectivity index (χ0v) is 14.4. The third-order valence-electron chi connectivity index (χ3n) is 4.09. The number of amides is 2. The van der Waals surface area contributed by atoms with E-state index >= 15 is 0 Å². The van der Waals surface area contributed by atoms with Crippen LogP contribution >= 0.6 is 11.8 Å². The molecule has 0 atom stereocenters. The van der Waals surface area contributed by atoms with Crippen molar-refractivity contribution in [2.75, 3.05) is 11.9 Å². The molecule has 0 unspecified atom stereocenters. The lowest BCUT2D eigenvalue weighted by molar-refractivity contribution is 0.252. The van der Waals surface area contributed by atoms with Crippen LogP contribution < -0.4 is 10.6 Å². The number of benzene rings is 1. The molecule has 1 saturated carbocycles. The Kier molecular flexibility index (Phi) is 6.12. The fourth-order valence-electron chi connectivity index (χ4n) is 2.83. The normalized spacial score (nSPS) is 14.7. The van der Waals surface area contributed by atoms with Gasteiger partial charge in [0.25, 0.3) is 0 Å². The summed E-state index contributed by atoms with van der Waals surface area (Å²) >= 11 is 2.03. The summed E-state index contributed by atoms with van der Waals surface area (Å²) in [6.07, 6.45) is 7.52. The number of nitrogens with one attached hydrogen (secondary N) is 3. The van der Waals surface area contributed by atoms with Gasteiger partial charge in [0.05, 0.1) is 0 Å². The Hall–Kier alpha value is -2.02. The number of carbonyl (C=O) groups excluding carboxylic acids is 1. The van der Waals surface area contributed by atoms with Gasteiger partial charge in [-0.1, -0.05) is 25.0 Å². The van der Waals surface area contributed by atoms with Gasteiger partial charge in [0, 0.05) is 29.7 Å². The molecule has 1 aromatic heterocycles. The zero-order valence-electron chi connectivity index (χ0n) is 13.6. The van der Waals surface area contributed by atoms with Crippen molar-refractivity contribution in [2.45, 2.75) is 43.1 Å². The van der Waals surface area contributed by atoms with Crippen LogP contribution in [0.4, 0.5) is 10.5 Å². The Labute approximate surface area is 146 Å². The van der Waals surface area contributed by atoms with E-state index < -0.39 is 0 Å². The van der Waals surface area contributed by atoms with Gasteiger partial charge in [0.2, 0.25) is 0 Å². The Morgan fingerprint density at radius 3 is 3.00 bits per heavy atom. The third kappa shape index (κ3) is 5.26. The Balaban J connectivity index is 1.42. The van der Waals surface area contributed by atoms with Gasteiger partial charge in [-0.2, -0.15) is 16.9 Å². The highest BCUT2D eigenvalue weighted by molar-refractivity contribution is 7.99. The molecule has 2 aromatic rings. The number of carbonyl (C=O) groups is 1. The monoisotopic (exact) mass is 345 g/mol. The van der Waals surface area contributed by atoms with E-state index in [4.69, 9.17) is 0 Å². The molecule has 1 fully saturated rings. The molecule has 6 nitrogen and oxygen atoms in total. The van der Waals surface area contributed by atoms with Gasteiger partial charge in [-0.05, 0) is 30.5 Å². The molecular formula is C17H23N5OS. The molecule has 1 aliphatic rings. The topological polar surface area (TPSA) is 82.7 Å². The highest BCUT2D eigenvalue weighted by atomic mass is 32.2. The molecule has 3 N–H and O–H groups in total. The molecule has 7 heteroatoms. The predicted octanol–water partition coefficient (Wildman–Crippen LogP) is 3.34. The van der Waals surface area contributed by atoms with E-state index in [9.17, 15) is 4.79 Å². The Bertz CT molecular complexity index is 640. The molecule has 0 bridgehead atoms. The number of H-pyrrole nitrogens is 1. The summed E-state index contributed by atoms with van der Waals surface area (Å²) in [4.78, 5) is 16.0. The van der Waals surface area contributed by atoms with Crippen LogP contribution in [-0.4, -0.2) is 33.0 Å². The molecule has 0 spiro atoms. The molecule has 0 radical (unpaired) electrons. The van der Waals surface area contributed by atoms with E-state index in [0.29, 0.717) is 13.0 Å². The van der Waals surface area contributed by atoms with Gasteiger partial charge < -0.3 is 10.6 Å². The summed E-state index contributed by atoms with van der Waals surface area (Å²) in [5.74, 6) is 1.77. The number of anilines is 1. The van der Waals surface area contributed by atoms with Gasteiger partial charge in [-0.15, -0.1) is 0 Å². The van der Waals surface area contributed by atoms with Gasteiger partial charge >= 0.3 is 6.03 Å².